The smallest absolute Gasteiger partial charge is 0.408 e. The fraction of sp³-hybridized carbons (Fsp3) is 0.576. The molecular weight excluding hydrogens is 616 g/mol. The van der Waals surface area contributed by atoms with E-state index in [4.69, 9.17) is 28.8 Å². The van der Waals surface area contributed by atoms with Gasteiger partial charge in [-0.05, 0) is 69.4 Å². The fourth-order valence-corrected chi connectivity index (χ4v) is 5.30. The number of hydrogen-bond acceptors (Lipinski definition) is 11. The van der Waals surface area contributed by atoms with E-state index in [1.165, 1.54) is 0 Å². The third-order valence-corrected chi connectivity index (χ3v) is 7.56. The minimum absolute atomic E-state index is 0.00155. The summed E-state index contributed by atoms with van der Waals surface area (Å²) in [6.45, 7) is -0.859. The van der Waals surface area contributed by atoms with Crippen molar-refractivity contribution in [3.8, 4) is 0 Å². The first-order valence-electron chi connectivity index (χ1n) is 16.0. The highest BCUT2D eigenvalue weighted by Crippen LogP contribution is 2.38. The number of rotatable bonds is 17. The zero-order chi connectivity index (χ0) is 33.9. The Labute approximate surface area is 273 Å². The van der Waals surface area contributed by atoms with Gasteiger partial charge < -0.3 is 39.4 Å². The molecule has 1 fully saturated rings. The molecule has 3 rings (SSSR count). The molecular formula is C33H44N2O12. The number of carboxylic acid groups (broad SMARTS) is 1. The molecule has 0 spiro atoms. The summed E-state index contributed by atoms with van der Waals surface area (Å²) in [6, 6.07) is 9.27. The van der Waals surface area contributed by atoms with Crippen LogP contribution in [0.5, 0.6) is 0 Å². The zero-order valence-corrected chi connectivity index (χ0v) is 26.4. The summed E-state index contributed by atoms with van der Waals surface area (Å²) in [7, 11) is 0. The van der Waals surface area contributed by atoms with Crippen LogP contribution in [0.4, 0.5) is 9.59 Å². The molecule has 4 atom stereocenters. The third-order valence-electron chi connectivity index (χ3n) is 7.56. The van der Waals surface area contributed by atoms with Gasteiger partial charge in [0.1, 0.15) is 31.4 Å². The van der Waals surface area contributed by atoms with Crippen LogP contribution in [0.15, 0.2) is 42.5 Å². The first-order valence-corrected chi connectivity index (χ1v) is 16.0. The summed E-state index contributed by atoms with van der Waals surface area (Å²) in [6.07, 6.45) is 6.34. The molecule has 3 N–H and O–H groups in total. The van der Waals surface area contributed by atoms with Crippen LogP contribution in [0.2, 0.25) is 0 Å². The van der Waals surface area contributed by atoms with E-state index in [1.54, 1.807) is 0 Å². The van der Waals surface area contributed by atoms with Gasteiger partial charge in [0.2, 0.25) is 0 Å². The average Bonchev–Trinajstić information content (AvgIpc) is 3.06. The third kappa shape index (κ3) is 15.0. The van der Waals surface area contributed by atoms with Crippen molar-refractivity contribution in [2.24, 2.45) is 5.92 Å². The number of carboxylic acids is 1. The highest BCUT2D eigenvalue weighted by molar-refractivity contribution is 5.78. The molecule has 14 nitrogen and oxygen atoms in total. The van der Waals surface area contributed by atoms with Crippen molar-refractivity contribution in [2.75, 3.05) is 26.3 Å². The lowest BCUT2D eigenvalue weighted by Gasteiger charge is -2.34. The SMILES string of the molecule is O=C(O)CCCOC(=O)CNC(=O)OC1CCC[C@@H](C(OC(=O)CCCOC(=O)CNC(=O)OC2C=CCCC2)c2ccccc2)C1. The molecule has 1 saturated carbocycles. The molecule has 0 radical (unpaired) electrons. The van der Waals surface area contributed by atoms with E-state index < -0.39 is 54.8 Å². The van der Waals surface area contributed by atoms with Gasteiger partial charge in [-0.1, -0.05) is 36.4 Å². The van der Waals surface area contributed by atoms with E-state index in [0.29, 0.717) is 12.8 Å². The number of ether oxygens (including phenoxy) is 5. The molecule has 2 aliphatic carbocycles. The maximum Gasteiger partial charge on any atom is 0.408 e. The first-order chi connectivity index (χ1) is 22.7. The Hall–Kier alpha value is -4.62. The predicted molar refractivity (Wildman–Crippen MR) is 165 cm³/mol. The Bertz CT molecular complexity index is 1220. The molecule has 258 valence electrons. The molecule has 1 aromatic rings. The lowest BCUT2D eigenvalue weighted by Crippen LogP contribution is -2.36. The molecule has 3 unspecified atom stereocenters. The summed E-state index contributed by atoms with van der Waals surface area (Å²) >= 11 is 0. The Morgan fingerprint density at radius 2 is 1.45 bits per heavy atom. The Kier molecular flexibility index (Phi) is 16.1. The molecule has 0 aromatic heterocycles. The largest absolute Gasteiger partial charge is 0.481 e. The van der Waals surface area contributed by atoms with Gasteiger partial charge in [-0.3, -0.25) is 19.2 Å². The fourth-order valence-electron chi connectivity index (χ4n) is 5.30. The Balaban J connectivity index is 1.39. The van der Waals surface area contributed by atoms with Gasteiger partial charge in [-0.15, -0.1) is 0 Å². The van der Waals surface area contributed by atoms with Crippen LogP contribution in [0.25, 0.3) is 0 Å². The number of esters is 3. The number of allylic oxidation sites excluding steroid dienone is 1. The molecule has 14 heteroatoms. The Morgan fingerprint density at radius 3 is 2.09 bits per heavy atom. The van der Waals surface area contributed by atoms with E-state index in [0.717, 1.165) is 37.7 Å². The van der Waals surface area contributed by atoms with E-state index in [9.17, 15) is 28.8 Å². The molecule has 2 amide bonds. The van der Waals surface area contributed by atoms with Gasteiger partial charge in [0.15, 0.2) is 0 Å². The van der Waals surface area contributed by atoms with Crippen LogP contribution < -0.4 is 10.6 Å². The molecule has 1 aromatic carbocycles. The van der Waals surface area contributed by atoms with Gasteiger partial charge in [-0.2, -0.15) is 0 Å². The van der Waals surface area contributed by atoms with Gasteiger partial charge in [0, 0.05) is 18.8 Å². The van der Waals surface area contributed by atoms with Crippen LogP contribution in [0.1, 0.15) is 82.3 Å². The molecule has 0 bridgehead atoms. The minimum Gasteiger partial charge on any atom is -0.481 e. The first kappa shape index (κ1) is 36.8. The van der Waals surface area contributed by atoms with Crippen LogP contribution in [-0.2, 0) is 42.9 Å². The van der Waals surface area contributed by atoms with Crippen molar-refractivity contribution < 1.29 is 57.6 Å². The summed E-state index contributed by atoms with van der Waals surface area (Å²) < 4.78 is 26.7. The maximum atomic E-state index is 12.8. The highest BCUT2D eigenvalue weighted by atomic mass is 16.6. The van der Waals surface area contributed by atoms with E-state index >= 15 is 0 Å². The maximum absolute atomic E-state index is 12.8. The lowest BCUT2D eigenvalue weighted by atomic mass is 9.81. The van der Waals surface area contributed by atoms with Crippen molar-refractivity contribution in [1.29, 1.82) is 0 Å². The number of amides is 2. The van der Waals surface area contributed by atoms with Crippen molar-refractivity contribution in [1.82, 2.24) is 10.6 Å². The van der Waals surface area contributed by atoms with Crippen LogP contribution >= 0.6 is 0 Å². The topological polar surface area (TPSA) is 193 Å². The minimum atomic E-state index is -0.991. The van der Waals surface area contributed by atoms with Crippen molar-refractivity contribution in [2.45, 2.75) is 88.9 Å². The van der Waals surface area contributed by atoms with Gasteiger partial charge >= 0.3 is 36.1 Å². The summed E-state index contributed by atoms with van der Waals surface area (Å²) in [5.41, 5.74) is 0.801. The summed E-state index contributed by atoms with van der Waals surface area (Å²) in [5, 5.41) is 13.3. The van der Waals surface area contributed by atoms with Crippen LogP contribution in [-0.4, -0.2) is 79.7 Å². The van der Waals surface area contributed by atoms with E-state index in [1.807, 2.05) is 42.5 Å². The highest BCUT2D eigenvalue weighted by Gasteiger charge is 2.33. The molecule has 47 heavy (non-hydrogen) atoms. The Morgan fingerprint density at radius 1 is 0.787 bits per heavy atom. The number of nitrogens with one attached hydrogen (secondary N) is 2. The van der Waals surface area contributed by atoms with Gasteiger partial charge in [0.25, 0.3) is 0 Å². The number of carbonyl (C=O) groups excluding carboxylic acids is 5. The van der Waals surface area contributed by atoms with Gasteiger partial charge in [-0.25, -0.2) is 9.59 Å². The monoisotopic (exact) mass is 660 g/mol. The summed E-state index contributed by atoms with van der Waals surface area (Å²) in [4.78, 5) is 71.4. The molecule has 0 saturated heterocycles. The number of hydrogen-bond donors (Lipinski definition) is 3. The van der Waals surface area contributed by atoms with Gasteiger partial charge in [0.05, 0.1) is 13.2 Å². The van der Waals surface area contributed by atoms with E-state index in [-0.39, 0.29) is 57.5 Å². The van der Waals surface area contributed by atoms with Crippen molar-refractivity contribution >= 4 is 36.1 Å². The molecule has 0 heterocycles. The lowest BCUT2D eigenvalue weighted by molar-refractivity contribution is -0.155. The second-order valence-electron chi connectivity index (χ2n) is 11.3. The summed E-state index contributed by atoms with van der Waals surface area (Å²) in [5.74, 6) is -2.96. The number of alkyl carbamates (subject to hydrolysis) is 2. The second-order valence-corrected chi connectivity index (χ2v) is 11.3. The van der Waals surface area contributed by atoms with Crippen molar-refractivity contribution in [3.05, 3.63) is 48.0 Å². The van der Waals surface area contributed by atoms with Crippen LogP contribution in [0, 0.1) is 5.92 Å². The van der Waals surface area contributed by atoms with Crippen LogP contribution in [0.3, 0.4) is 0 Å². The second kappa shape index (κ2) is 20.5. The number of benzene rings is 1. The number of aliphatic carboxylic acids is 1. The van der Waals surface area contributed by atoms with Crippen molar-refractivity contribution in [3.63, 3.8) is 0 Å². The average molecular weight is 661 g/mol. The standard InChI is InChI=1S/C33H44N2O12/c36-27(37)16-8-18-43-29(39)22-35-33(42)46-26-15-7-12-24(20-26)31(23-10-3-1-4-11-23)47-28(38)17-9-19-44-30(40)21-34-32(41)45-25-13-5-2-6-14-25/h1,3-5,10-11,13,24-26,31H,2,6-9,12,14-22H2,(H,34,41)(H,35,42)(H,36,37)/t24-,25?,26?,31?/m1/s1. The normalized spacial score (nSPS) is 19.4. The quantitative estimate of drug-likeness (QED) is 0.0938. The molecule has 2 aliphatic rings. The molecule has 0 aliphatic heterocycles. The predicted octanol–water partition coefficient (Wildman–Crippen LogP) is 4.12. The zero-order valence-electron chi connectivity index (χ0n) is 26.4. The number of carbonyl (C=O) groups is 6. The van der Waals surface area contributed by atoms with E-state index in [2.05, 4.69) is 10.6 Å².